The molecule has 23 heavy (non-hydrogen) atoms. The molecule has 1 fully saturated rings. The maximum Gasteiger partial charge on any atom is 0.337 e. The van der Waals surface area contributed by atoms with Crippen LogP contribution in [0.15, 0.2) is 22.8 Å². The predicted molar refractivity (Wildman–Crippen MR) is 78.7 cm³/mol. The fourth-order valence-electron chi connectivity index (χ4n) is 2.44. The second-order valence-corrected chi connectivity index (χ2v) is 5.78. The molecule has 1 aliphatic heterocycles. The minimum atomic E-state index is -2.06. The maximum atomic E-state index is 12.4. The van der Waals surface area contributed by atoms with E-state index in [-0.39, 0.29) is 11.7 Å². The lowest BCUT2D eigenvalue weighted by atomic mass is 10.00. The van der Waals surface area contributed by atoms with Gasteiger partial charge in [-0.2, -0.15) is 0 Å². The Morgan fingerprint density at radius 2 is 2.17 bits per heavy atom. The van der Waals surface area contributed by atoms with Gasteiger partial charge in [0.25, 0.3) is 5.91 Å². The van der Waals surface area contributed by atoms with Crippen molar-refractivity contribution in [3.8, 4) is 0 Å². The fraction of sp³-hybridized carbons (Fsp3) is 0.533. The Labute approximate surface area is 133 Å². The van der Waals surface area contributed by atoms with Gasteiger partial charge in [0.05, 0.1) is 12.8 Å². The van der Waals surface area contributed by atoms with E-state index in [9.17, 15) is 19.5 Å². The van der Waals surface area contributed by atoms with E-state index >= 15 is 0 Å². The van der Waals surface area contributed by atoms with Crippen LogP contribution in [0.4, 0.5) is 0 Å². The summed E-state index contributed by atoms with van der Waals surface area (Å²) >= 11 is 0. The number of carbonyl (C=O) groups excluding carboxylic acids is 2. The van der Waals surface area contributed by atoms with Gasteiger partial charge in [-0.1, -0.05) is 0 Å². The van der Waals surface area contributed by atoms with Gasteiger partial charge >= 0.3 is 5.97 Å². The first-order valence-electron chi connectivity index (χ1n) is 7.41. The van der Waals surface area contributed by atoms with Crippen molar-refractivity contribution >= 4 is 17.8 Å². The first kappa shape index (κ1) is 17.0. The fourth-order valence-corrected chi connectivity index (χ4v) is 2.44. The summed E-state index contributed by atoms with van der Waals surface area (Å²) in [5.74, 6) is -2.13. The number of carbonyl (C=O) groups is 3. The number of piperidine rings is 1. The molecule has 1 aromatic rings. The number of amides is 2. The summed E-state index contributed by atoms with van der Waals surface area (Å²) in [6, 6.07) is 2.42. The summed E-state index contributed by atoms with van der Waals surface area (Å²) in [7, 11) is 0. The van der Waals surface area contributed by atoms with Gasteiger partial charge in [0.1, 0.15) is 6.04 Å². The Morgan fingerprint density at radius 1 is 1.43 bits per heavy atom. The maximum absolute atomic E-state index is 12.4. The number of aliphatic hydroxyl groups is 1. The third-order valence-electron chi connectivity index (χ3n) is 3.87. The summed E-state index contributed by atoms with van der Waals surface area (Å²) in [6.07, 6.45) is 3.43. The van der Waals surface area contributed by atoms with Gasteiger partial charge < -0.3 is 24.8 Å². The quantitative estimate of drug-likeness (QED) is 0.713. The van der Waals surface area contributed by atoms with E-state index in [1.807, 2.05) is 0 Å². The minimum Gasteiger partial charge on any atom is -0.479 e. The van der Waals surface area contributed by atoms with Crippen LogP contribution in [0.1, 0.15) is 36.7 Å². The average Bonchev–Trinajstić information content (AvgIpc) is 3.06. The summed E-state index contributed by atoms with van der Waals surface area (Å²) in [4.78, 5) is 37.0. The molecule has 2 unspecified atom stereocenters. The van der Waals surface area contributed by atoms with E-state index in [2.05, 4.69) is 5.32 Å². The van der Waals surface area contributed by atoms with Crippen LogP contribution >= 0.6 is 0 Å². The first-order valence-corrected chi connectivity index (χ1v) is 7.41. The van der Waals surface area contributed by atoms with Crippen molar-refractivity contribution in [3.05, 3.63) is 24.2 Å². The number of hydrogen-bond acceptors (Lipinski definition) is 5. The second kappa shape index (κ2) is 6.82. The van der Waals surface area contributed by atoms with Crippen LogP contribution in [0.25, 0.3) is 0 Å². The summed E-state index contributed by atoms with van der Waals surface area (Å²) in [5, 5.41) is 20.9. The molecule has 0 saturated carbocycles. The highest BCUT2D eigenvalue weighted by Crippen LogP contribution is 2.20. The molecule has 1 aromatic heterocycles. The lowest BCUT2D eigenvalue weighted by Gasteiger charge is -2.34. The summed E-state index contributed by atoms with van der Waals surface area (Å²) in [5.41, 5.74) is -2.06. The van der Waals surface area contributed by atoms with Crippen molar-refractivity contribution in [2.45, 2.75) is 37.8 Å². The molecule has 0 aromatic carbocycles. The molecular weight excluding hydrogens is 304 g/mol. The number of furan rings is 1. The molecule has 1 saturated heterocycles. The van der Waals surface area contributed by atoms with E-state index < -0.39 is 30.1 Å². The van der Waals surface area contributed by atoms with E-state index in [4.69, 9.17) is 9.52 Å². The highest BCUT2D eigenvalue weighted by Gasteiger charge is 2.36. The predicted octanol–water partition coefficient (Wildman–Crippen LogP) is 0.226. The van der Waals surface area contributed by atoms with Crippen LogP contribution in [0.2, 0.25) is 0 Å². The zero-order chi connectivity index (χ0) is 17.0. The van der Waals surface area contributed by atoms with Gasteiger partial charge in [-0.15, -0.1) is 0 Å². The number of nitrogens with zero attached hydrogens (tertiary/aromatic N) is 1. The number of carboxylic acids is 1. The molecule has 0 bridgehead atoms. The largest absolute Gasteiger partial charge is 0.479 e. The lowest BCUT2D eigenvalue weighted by molar-refractivity contribution is -0.156. The first-order chi connectivity index (χ1) is 10.8. The number of carboxylic acid groups (broad SMARTS) is 1. The van der Waals surface area contributed by atoms with Gasteiger partial charge in [0.2, 0.25) is 5.91 Å². The van der Waals surface area contributed by atoms with Crippen molar-refractivity contribution in [3.63, 3.8) is 0 Å². The van der Waals surface area contributed by atoms with Gasteiger partial charge in [0.15, 0.2) is 11.4 Å². The van der Waals surface area contributed by atoms with E-state index in [1.54, 1.807) is 6.07 Å². The van der Waals surface area contributed by atoms with Crippen LogP contribution in [0.3, 0.4) is 0 Å². The van der Waals surface area contributed by atoms with Gasteiger partial charge in [-0.3, -0.25) is 9.59 Å². The molecule has 0 aliphatic carbocycles. The number of hydrogen-bond donors (Lipinski definition) is 3. The van der Waals surface area contributed by atoms with Crippen molar-refractivity contribution in [1.29, 1.82) is 0 Å². The molecule has 2 rings (SSSR count). The monoisotopic (exact) mass is 324 g/mol. The molecule has 8 heteroatoms. The minimum absolute atomic E-state index is 0.155. The lowest BCUT2D eigenvalue weighted by Crippen LogP contribution is -2.55. The van der Waals surface area contributed by atoms with Crippen LogP contribution in [-0.4, -0.2) is 57.6 Å². The van der Waals surface area contributed by atoms with Crippen LogP contribution in [0, 0.1) is 0 Å². The molecule has 2 atom stereocenters. The number of nitrogens with one attached hydrogen (secondary N) is 1. The third kappa shape index (κ3) is 3.89. The van der Waals surface area contributed by atoms with Crippen molar-refractivity contribution in [2.75, 3.05) is 13.1 Å². The molecule has 0 radical (unpaired) electrons. The topological polar surface area (TPSA) is 120 Å². The molecule has 8 nitrogen and oxygen atoms in total. The molecule has 2 amide bonds. The van der Waals surface area contributed by atoms with Gasteiger partial charge in [-0.05, 0) is 38.3 Å². The zero-order valence-electron chi connectivity index (χ0n) is 12.8. The second-order valence-electron chi connectivity index (χ2n) is 5.78. The Hall–Kier alpha value is -2.35. The van der Waals surface area contributed by atoms with Gasteiger partial charge in [-0.25, -0.2) is 4.79 Å². The van der Waals surface area contributed by atoms with Crippen molar-refractivity contribution in [2.24, 2.45) is 0 Å². The number of rotatable bonds is 5. The Bertz CT molecular complexity index is 581. The molecule has 1 aliphatic rings. The number of aliphatic carboxylic acids is 1. The van der Waals surface area contributed by atoms with Crippen molar-refractivity contribution in [1.82, 2.24) is 10.2 Å². The standard InChI is InChI=1S/C15H20N2O6/c1-15(22,14(20)21)9-16-12(18)10-5-2-3-7-17(10)13(19)11-6-4-8-23-11/h4,6,8,10,22H,2-3,5,7,9H2,1H3,(H,16,18)(H,20,21). The van der Waals surface area contributed by atoms with Crippen molar-refractivity contribution < 1.29 is 29.0 Å². The molecule has 0 spiro atoms. The highest BCUT2D eigenvalue weighted by atomic mass is 16.4. The van der Waals surface area contributed by atoms with E-state index in [0.29, 0.717) is 13.0 Å². The highest BCUT2D eigenvalue weighted by molar-refractivity contribution is 5.95. The molecule has 126 valence electrons. The summed E-state index contributed by atoms with van der Waals surface area (Å²) in [6.45, 7) is 1.09. The normalized spacial score (nSPS) is 20.6. The average molecular weight is 324 g/mol. The zero-order valence-corrected chi connectivity index (χ0v) is 12.8. The van der Waals surface area contributed by atoms with E-state index in [1.165, 1.54) is 17.2 Å². The molecule has 3 N–H and O–H groups in total. The molecule has 2 heterocycles. The molecular formula is C15H20N2O6. The summed E-state index contributed by atoms with van der Waals surface area (Å²) < 4.78 is 5.08. The Morgan fingerprint density at radius 3 is 2.78 bits per heavy atom. The smallest absolute Gasteiger partial charge is 0.337 e. The van der Waals surface area contributed by atoms with Gasteiger partial charge in [0, 0.05) is 6.54 Å². The third-order valence-corrected chi connectivity index (χ3v) is 3.87. The van der Waals surface area contributed by atoms with Crippen LogP contribution in [-0.2, 0) is 9.59 Å². The van der Waals surface area contributed by atoms with E-state index in [0.717, 1.165) is 19.8 Å². The Kier molecular flexibility index (Phi) is 5.05. The van der Waals surface area contributed by atoms with Crippen LogP contribution < -0.4 is 5.32 Å². The Balaban J connectivity index is 2.04. The SMILES string of the molecule is CC(O)(CNC(=O)C1CCCCN1C(=O)c1ccco1)C(=O)O. The number of likely N-dealkylation sites (tertiary alicyclic amines) is 1. The van der Waals surface area contributed by atoms with Crippen LogP contribution in [0.5, 0.6) is 0 Å².